The number of nitrogens with zero attached hydrogens (tertiary/aromatic N) is 1. The summed E-state index contributed by atoms with van der Waals surface area (Å²) in [6.07, 6.45) is -0.257. The average molecular weight is 484 g/mol. The summed E-state index contributed by atoms with van der Waals surface area (Å²) in [5.41, 5.74) is 1.40. The van der Waals surface area contributed by atoms with Crippen molar-refractivity contribution in [3.8, 4) is 0 Å². The number of ether oxygens (including phenoxy) is 5. The van der Waals surface area contributed by atoms with Crippen LogP contribution in [-0.2, 0) is 36.9 Å². The Balaban J connectivity index is 1.89. The minimum Gasteiger partial charge on any atom is -0.444 e. The maximum atomic E-state index is 13.2. The number of carbonyl (C=O) groups excluding carboxylic acids is 1. The molecule has 0 spiro atoms. The van der Waals surface area contributed by atoms with Crippen LogP contribution >= 0.6 is 0 Å². The molecule has 4 atom stereocenters. The van der Waals surface area contributed by atoms with Crippen LogP contribution in [-0.4, -0.2) is 61.4 Å². The Morgan fingerprint density at radius 2 is 1.49 bits per heavy atom. The van der Waals surface area contributed by atoms with Crippen molar-refractivity contribution in [2.75, 3.05) is 20.4 Å². The van der Waals surface area contributed by atoms with E-state index in [4.69, 9.17) is 23.7 Å². The van der Waals surface area contributed by atoms with E-state index in [1.54, 1.807) is 18.1 Å². The topological polar surface area (TPSA) is 66.5 Å². The van der Waals surface area contributed by atoms with Gasteiger partial charge < -0.3 is 23.7 Å². The highest BCUT2D eigenvalue weighted by Gasteiger charge is 2.47. The first-order valence-corrected chi connectivity index (χ1v) is 11.9. The van der Waals surface area contributed by atoms with E-state index in [0.717, 1.165) is 11.1 Å². The normalized spacial score (nSPS) is 22.6. The van der Waals surface area contributed by atoms with Crippen LogP contribution in [0, 0.1) is 0 Å². The Morgan fingerprint density at radius 3 is 1.97 bits per heavy atom. The third-order valence-corrected chi connectivity index (χ3v) is 5.60. The Hall–Kier alpha value is -2.71. The van der Waals surface area contributed by atoms with Crippen LogP contribution in [0.3, 0.4) is 0 Å². The average Bonchev–Trinajstić information content (AvgIpc) is 2.84. The summed E-state index contributed by atoms with van der Waals surface area (Å²) in [6.45, 7) is 10.6. The van der Waals surface area contributed by atoms with Crippen LogP contribution in [0.2, 0.25) is 0 Å². The predicted octanol–water partition coefficient (Wildman–Crippen LogP) is 4.95. The number of hydrogen-bond donors (Lipinski definition) is 0. The van der Waals surface area contributed by atoms with E-state index in [2.05, 4.69) is 6.58 Å². The van der Waals surface area contributed by atoms with Gasteiger partial charge in [0.25, 0.3) is 0 Å². The molecule has 0 radical (unpaired) electrons. The van der Waals surface area contributed by atoms with Gasteiger partial charge in [-0.3, -0.25) is 4.90 Å². The van der Waals surface area contributed by atoms with Crippen LogP contribution in [0.4, 0.5) is 4.79 Å². The molecule has 190 valence electrons. The summed E-state index contributed by atoms with van der Waals surface area (Å²) in [4.78, 5) is 14.8. The zero-order chi connectivity index (χ0) is 25.3. The molecule has 0 bridgehead atoms. The van der Waals surface area contributed by atoms with Gasteiger partial charge in [0.1, 0.15) is 30.7 Å². The van der Waals surface area contributed by atoms with E-state index >= 15 is 0 Å². The number of piperidine rings is 1. The van der Waals surface area contributed by atoms with E-state index in [-0.39, 0.29) is 13.3 Å². The maximum absolute atomic E-state index is 13.2. The summed E-state index contributed by atoms with van der Waals surface area (Å²) in [7, 11) is 1.56. The summed E-state index contributed by atoms with van der Waals surface area (Å²) in [6, 6.07) is 19.3. The molecule has 1 heterocycles. The number of methoxy groups -OCH3 is 1. The molecule has 0 aliphatic carbocycles. The molecule has 0 aromatic heterocycles. The SMILES string of the molecule is C=C[C@H]1[C@@H](OCc2ccccc2)[C@H](OCc2ccccc2)[C@@H](OCOC)CN1C(=O)OC(C)(C)C. The van der Waals surface area contributed by atoms with Gasteiger partial charge in [0, 0.05) is 7.11 Å². The van der Waals surface area contributed by atoms with Crippen LogP contribution < -0.4 is 0 Å². The van der Waals surface area contributed by atoms with Crippen molar-refractivity contribution >= 4 is 6.09 Å². The van der Waals surface area contributed by atoms with E-state index < -0.39 is 36.0 Å². The van der Waals surface area contributed by atoms with Crippen LogP contribution in [0.15, 0.2) is 73.3 Å². The molecule has 35 heavy (non-hydrogen) atoms. The minimum absolute atomic E-state index is 0.0577. The first-order chi connectivity index (χ1) is 16.8. The summed E-state index contributed by atoms with van der Waals surface area (Å²) in [5, 5.41) is 0. The second-order valence-electron chi connectivity index (χ2n) is 9.49. The van der Waals surface area contributed by atoms with Gasteiger partial charge in [0.2, 0.25) is 0 Å². The molecular formula is C28H37NO6. The number of benzene rings is 2. The van der Waals surface area contributed by atoms with Crippen molar-refractivity contribution in [1.29, 1.82) is 0 Å². The Labute approximate surface area is 208 Å². The number of amides is 1. The molecule has 2 aromatic rings. The highest BCUT2D eigenvalue weighted by Crippen LogP contribution is 2.30. The Morgan fingerprint density at radius 1 is 0.943 bits per heavy atom. The molecular weight excluding hydrogens is 446 g/mol. The quantitative estimate of drug-likeness (QED) is 0.352. The molecule has 2 aromatic carbocycles. The predicted molar refractivity (Wildman–Crippen MR) is 134 cm³/mol. The van der Waals surface area contributed by atoms with Gasteiger partial charge in [-0.1, -0.05) is 66.7 Å². The lowest BCUT2D eigenvalue weighted by Gasteiger charge is -2.47. The molecule has 1 saturated heterocycles. The van der Waals surface area contributed by atoms with Gasteiger partial charge in [-0.15, -0.1) is 6.58 Å². The van der Waals surface area contributed by atoms with Gasteiger partial charge >= 0.3 is 6.09 Å². The second kappa shape index (κ2) is 12.8. The van der Waals surface area contributed by atoms with Crippen molar-refractivity contribution in [3.63, 3.8) is 0 Å². The fourth-order valence-corrected chi connectivity index (χ4v) is 4.01. The van der Waals surface area contributed by atoms with Gasteiger partial charge in [0.15, 0.2) is 0 Å². The first-order valence-electron chi connectivity index (χ1n) is 11.9. The van der Waals surface area contributed by atoms with Gasteiger partial charge in [0.05, 0.1) is 25.8 Å². The molecule has 3 rings (SSSR count). The maximum Gasteiger partial charge on any atom is 0.410 e. The molecule has 7 heteroatoms. The number of carbonyl (C=O) groups is 1. The Bertz CT molecular complexity index is 914. The molecule has 1 aliphatic rings. The first kappa shape index (κ1) is 26.9. The van der Waals surface area contributed by atoms with Crippen molar-refractivity contribution in [1.82, 2.24) is 4.90 Å². The highest BCUT2D eigenvalue weighted by atomic mass is 16.7. The summed E-state index contributed by atoms with van der Waals surface area (Å²) in [5.74, 6) is 0. The number of hydrogen-bond acceptors (Lipinski definition) is 6. The lowest BCUT2D eigenvalue weighted by molar-refractivity contribution is -0.208. The van der Waals surface area contributed by atoms with Crippen molar-refractivity contribution in [2.24, 2.45) is 0 Å². The number of rotatable bonds is 10. The fraction of sp³-hybridized carbons (Fsp3) is 0.464. The Kier molecular flexibility index (Phi) is 9.86. The van der Waals surface area contributed by atoms with Gasteiger partial charge in [-0.2, -0.15) is 0 Å². The lowest BCUT2D eigenvalue weighted by atomic mass is 9.93. The van der Waals surface area contributed by atoms with E-state index in [9.17, 15) is 4.79 Å². The third-order valence-electron chi connectivity index (χ3n) is 5.60. The molecule has 0 saturated carbocycles. The smallest absolute Gasteiger partial charge is 0.410 e. The molecule has 1 aliphatic heterocycles. The van der Waals surface area contributed by atoms with Gasteiger partial charge in [-0.25, -0.2) is 4.79 Å². The molecule has 7 nitrogen and oxygen atoms in total. The summed E-state index contributed by atoms with van der Waals surface area (Å²) < 4.78 is 29.7. The van der Waals surface area contributed by atoms with Crippen molar-refractivity contribution in [2.45, 2.75) is 63.9 Å². The summed E-state index contributed by atoms with van der Waals surface area (Å²) >= 11 is 0. The zero-order valence-electron chi connectivity index (χ0n) is 21.1. The lowest BCUT2D eigenvalue weighted by Crippen LogP contribution is -2.64. The number of likely N-dealkylation sites (tertiary alicyclic amines) is 1. The van der Waals surface area contributed by atoms with E-state index in [1.165, 1.54) is 0 Å². The molecule has 0 N–H and O–H groups in total. The van der Waals surface area contributed by atoms with E-state index in [0.29, 0.717) is 13.2 Å². The minimum atomic E-state index is -0.646. The van der Waals surface area contributed by atoms with Crippen LogP contribution in [0.1, 0.15) is 31.9 Å². The molecule has 1 amide bonds. The highest BCUT2D eigenvalue weighted by molar-refractivity contribution is 5.69. The largest absolute Gasteiger partial charge is 0.444 e. The van der Waals surface area contributed by atoms with Gasteiger partial charge in [-0.05, 0) is 31.9 Å². The van der Waals surface area contributed by atoms with Crippen LogP contribution in [0.25, 0.3) is 0 Å². The standard InChI is InChI=1S/C28H37NO6/c1-6-23-25(32-18-21-13-9-7-10-14-21)26(33-19-22-15-11-8-12-16-22)24(34-20-31-5)17-29(23)27(30)35-28(2,3)4/h6-16,23-26H,1,17-20H2,2-5H3/t23-,24-,25+,26+/m0/s1. The monoisotopic (exact) mass is 483 g/mol. The van der Waals surface area contributed by atoms with Crippen molar-refractivity contribution < 1.29 is 28.5 Å². The van der Waals surface area contributed by atoms with Crippen LogP contribution in [0.5, 0.6) is 0 Å². The molecule has 1 fully saturated rings. The third kappa shape index (κ3) is 7.90. The second-order valence-corrected chi connectivity index (χ2v) is 9.49. The van der Waals surface area contributed by atoms with E-state index in [1.807, 2.05) is 81.4 Å². The molecule has 0 unspecified atom stereocenters. The zero-order valence-corrected chi connectivity index (χ0v) is 21.1. The fourth-order valence-electron chi connectivity index (χ4n) is 4.01. The van der Waals surface area contributed by atoms with Crippen molar-refractivity contribution in [3.05, 3.63) is 84.4 Å².